The molecule has 22 heavy (non-hydrogen) atoms. The topological polar surface area (TPSA) is 69.4 Å². The van der Waals surface area contributed by atoms with E-state index in [0.29, 0.717) is 17.2 Å². The van der Waals surface area contributed by atoms with Crippen molar-refractivity contribution in [2.75, 3.05) is 6.26 Å². The minimum atomic E-state index is -3.20. The molecule has 114 valence electrons. The van der Waals surface area contributed by atoms with Crippen LogP contribution in [0.1, 0.15) is 18.9 Å². The van der Waals surface area contributed by atoms with Crippen LogP contribution >= 0.6 is 0 Å². The summed E-state index contributed by atoms with van der Waals surface area (Å²) in [4.78, 5) is 4.64. The lowest BCUT2D eigenvalue weighted by Gasteiger charge is -2.11. The normalized spacial score (nSPS) is 13.2. The molecule has 0 radical (unpaired) electrons. The number of oxazole rings is 1. The fourth-order valence-electron chi connectivity index (χ4n) is 2.08. The molecule has 0 saturated carbocycles. The number of ether oxygens (including phenoxy) is 1. The number of sulfone groups is 1. The van der Waals surface area contributed by atoms with Crippen molar-refractivity contribution in [3.8, 4) is 5.75 Å². The van der Waals surface area contributed by atoms with Crippen molar-refractivity contribution in [3.05, 3.63) is 54.4 Å². The van der Waals surface area contributed by atoms with Crippen LogP contribution < -0.4 is 4.74 Å². The Labute approximate surface area is 128 Å². The highest BCUT2D eigenvalue weighted by Crippen LogP contribution is 2.25. The highest BCUT2D eigenvalue weighted by atomic mass is 32.2. The lowest BCUT2D eigenvalue weighted by molar-refractivity contribution is 0.191. The van der Waals surface area contributed by atoms with Gasteiger partial charge in [-0.1, -0.05) is 12.1 Å². The number of para-hydroxylation sites is 2. The molecule has 1 heterocycles. The van der Waals surface area contributed by atoms with Gasteiger partial charge in [-0.3, -0.25) is 0 Å². The number of rotatable bonds is 4. The van der Waals surface area contributed by atoms with E-state index in [-0.39, 0.29) is 11.0 Å². The zero-order valence-corrected chi connectivity index (χ0v) is 13.0. The quantitative estimate of drug-likeness (QED) is 0.738. The molecule has 1 aromatic heterocycles. The molecule has 0 spiro atoms. The Balaban J connectivity index is 1.80. The smallest absolute Gasteiger partial charge is 0.236 e. The van der Waals surface area contributed by atoms with Gasteiger partial charge in [-0.2, -0.15) is 0 Å². The fourth-order valence-corrected chi connectivity index (χ4v) is 2.71. The molecule has 0 bridgehead atoms. The first kappa shape index (κ1) is 14.6. The van der Waals surface area contributed by atoms with Gasteiger partial charge in [0.05, 0.1) is 4.90 Å². The average Bonchev–Trinajstić information content (AvgIpc) is 2.91. The maximum absolute atomic E-state index is 11.4. The van der Waals surface area contributed by atoms with Crippen LogP contribution in [0.5, 0.6) is 5.75 Å². The monoisotopic (exact) mass is 317 g/mol. The van der Waals surface area contributed by atoms with E-state index in [0.717, 1.165) is 5.52 Å². The third-order valence-electron chi connectivity index (χ3n) is 3.22. The van der Waals surface area contributed by atoms with E-state index in [2.05, 4.69) is 4.98 Å². The van der Waals surface area contributed by atoms with E-state index < -0.39 is 9.84 Å². The van der Waals surface area contributed by atoms with Crippen molar-refractivity contribution in [2.24, 2.45) is 0 Å². The second-order valence-electron chi connectivity index (χ2n) is 5.02. The van der Waals surface area contributed by atoms with Gasteiger partial charge in [0.15, 0.2) is 21.5 Å². The summed E-state index contributed by atoms with van der Waals surface area (Å²) in [6.07, 6.45) is 0.792. The van der Waals surface area contributed by atoms with Gasteiger partial charge in [0.1, 0.15) is 11.3 Å². The van der Waals surface area contributed by atoms with Crippen LogP contribution in [0.4, 0.5) is 0 Å². The van der Waals surface area contributed by atoms with E-state index in [1.54, 1.807) is 12.1 Å². The molecule has 3 rings (SSSR count). The molecule has 2 aromatic carbocycles. The van der Waals surface area contributed by atoms with Crippen LogP contribution in [0.25, 0.3) is 11.1 Å². The maximum Gasteiger partial charge on any atom is 0.236 e. The van der Waals surface area contributed by atoms with Crippen molar-refractivity contribution in [1.82, 2.24) is 4.98 Å². The van der Waals surface area contributed by atoms with Crippen LogP contribution in [0.2, 0.25) is 0 Å². The van der Waals surface area contributed by atoms with Crippen LogP contribution in [0.3, 0.4) is 0 Å². The Kier molecular flexibility index (Phi) is 3.62. The molecule has 0 aliphatic heterocycles. The SMILES string of the molecule is C[C@@H](Oc1ccc(S(C)(=O)=O)cc1)c1nc2ccccc2o1. The molecular formula is C16H15NO4S. The van der Waals surface area contributed by atoms with Gasteiger partial charge < -0.3 is 9.15 Å². The predicted molar refractivity (Wildman–Crippen MR) is 82.6 cm³/mol. The Morgan fingerprint density at radius 1 is 1.09 bits per heavy atom. The second kappa shape index (κ2) is 5.46. The Morgan fingerprint density at radius 2 is 1.77 bits per heavy atom. The lowest BCUT2D eigenvalue weighted by Crippen LogP contribution is -2.04. The number of fused-ring (bicyclic) bond motifs is 1. The average molecular weight is 317 g/mol. The van der Waals surface area contributed by atoms with Crippen LogP contribution in [-0.2, 0) is 9.84 Å². The van der Waals surface area contributed by atoms with Crippen LogP contribution in [-0.4, -0.2) is 19.7 Å². The summed E-state index contributed by atoms with van der Waals surface area (Å²) >= 11 is 0. The molecule has 1 atom stereocenters. The van der Waals surface area contributed by atoms with E-state index >= 15 is 0 Å². The molecule has 0 fully saturated rings. The summed E-state index contributed by atoms with van der Waals surface area (Å²) in [5.41, 5.74) is 1.49. The van der Waals surface area contributed by atoms with Crippen LogP contribution in [0.15, 0.2) is 57.8 Å². The summed E-state index contributed by atoms with van der Waals surface area (Å²) in [5.74, 6) is 1.04. The first-order valence-corrected chi connectivity index (χ1v) is 8.65. The van der Waals surface area contributed by atoms with E-state index in [9.17, 15) is 8.42 Å². The van der Waals surface area contributed by atoms with Gasteiger partial charge in [-0.15, -0.1) is 0 Å². The van der Waals surface area contributed by atoms with Crippen molar-refractivity contribution in [2.45, 2.75) is 17.9 Å². The van der Waals surface area contributed by atoms with E-state index in [1.165, 1.54) is 18.4 Å². The zero-order valence-electron chi connectivity index (χ0n) is 12.2. The minimum absolute atomic E-state index is 0.259. The summed E-state index contributed by atoms with van der Waals surface area (Å²) < 4.78 is 34.2. The van der Waals surface area contributed by atoms with Gasteiger partial charge in [0.2, 0.25) is 5.89 Å². The highest BCUT2D eigenvalue weighted by Gasteiger charge is 2.15. The van der Waals surface area contributed by atoms with Gasteiger partial charge in [-0.05, 0) is 43.3 Å². The first-order chi connectivity index (χ1) is 10.4. The molecule has 6 heteroatoms. The van der Waals surface area contributed by atoms with Crippen molar-refractivity contribution in [1.29, 1.82) is 0 Å². The summed E-state index contributed by atoms with van der Waals surface area (Å²) in [7, 11) is -3.20. The van der Waals surface area contributed by atoms with Crippen LogP contribution in [0, 0.1) is 0 Å². The summed E-state index contributed by atoms with van der Waals surface area (Å²) in [5, 5.41) is 0. The summed E-state index contributed by atoms with van der Waals surface area (Å²) in [6.45, 7) is 1.83. The molecule has 0 aliphatic rings. The predicted octanol–water partition coefficient (Wildman–Crippen LogP) is 3.37. The molecular weight excluding hydrogens is 302 g/mol. The molecule has 5 nitrogen and oxygen atoms in total. The number of benzene rings is 2. The van der Waals surface area contributed by atoms with E-state index in [1.807, 2.05) is 31.2 Å². The molecule has 0 unspecified atom stereocenters. The van der Waals surface area contributed by atoms with Gasteiger partial charge in [-0.25, -0.2) is 13.4 Å². The number of aromatic nitrogens is 1. The Bertz CT molecular complexity index is 864. The number of nitrogens with zero attached hydrogens (tertiary/aromatic N) is 1. The maximum atomic E-state index is 11.4. The lowest BCUT2D eigenvalue weighted by atomic mass is 10.3. The minimum Gasteiger partial charge on any atom is -0.481 e. The highest BCUT2D eigenvalue weighted by molar-refractivity contribution is 7.90. The largest absolute Gasteiger partial charge is 0.481 e. The molecule has 3 aromatic rings. The molecule has 0 N–H and O–H groups in total. The first-order valence-electron chi connectivity index (χ1n) is 6.76. The van der Waals surface area contributed by atoms with Gasteiger partial charge >= 0.3 is 0 Å². The Hall–Kier alpha value is -2.34. The third kappa shape index (κ3) is 2.96. The number of hydrogen-bond acceptors (Lipinski definition) is 5. The van der Waals surface area contributed by atoms with Crippen molar-refractivity contribution >= 4 is 20.9 Å². The molecule has 0 saturated heterocycles. The molecule has 0 aliphatic carbocycles. The fraction of sp³-hybridized carbons (Fsp3) is 0.188. The van der Waals surface area contributed by atoms with E-state index in [4.69, 9.17) is 9.15 Å². The second-order valence-corrected chi connectivity index (χ2v) is 7.04. The van der Waals surface area contributed by atoms with Gasteiger partial charge in [0.25, 0.3) is 0 Å². The zero-order chi connectivity index (χ0) is 15.7. The third-order valence-corrected chi connectivity index (χ3v) is 4.35. The number of hydrogen-bond donors (Lipinski definition) is 0. The Morgan fingerprint density at radius 3 is 2.41 bits per heavy atom. The summed E-state index contributed by atoms with van der Waals surface area (Å²) in [6, 6.07) is 13.8. The van der Waals surface area contributed by atoms with Crippen molar-refractivity contribution < 1.29 is 17.6 Å². The molecule has 0 amide bonds. The van der Waals surface area contributed by atoms with Crippen molar-refractivity contribution in [3.63, 3.8) is 0 Å². The standard InChI is InChI=1S/C16H15NO4S/c1-11(16-17-14-5-3-4-6-15(14)21-16)20-12-7-9-13(10-8-12)22(2,18)19/h3-11H,1-2H3/t11-/m1/s1. The van der Waals surface area contributed by atoms with Gasteiger partial charge in [0, 0.05) is 6.26 Å².